The van der Waals surface area contributed by atoms with Gasteiger partial charge in [0.25, 0.3) is 0 Å². The van der Waals surface area contributed by atoms with Crippen molar-refractivity contribution in [3.05, 3.63) is 30.3 Å². The van der Waals surface area contributed by atoms with Gasteiger partial charge in [-0.15, -0.1) is 0 Å². The number of para-hydroxylation sites is 1. The predicted molar refractivity (Wildman–Crippen MR) is 77.7 cm³/mol. The minimum absolute atomic E-state index is 0.217. The SMILES string of the molecule is CCC(=O)N(c1ccccc1)C1CCN(Br)CC1. The summed E-state index contributed by atoms with van der Waals surface area (Å²) in [4.78, 5) is 14.2. The highest BCUT2D eigenvalue weighted by molar-refractivity contribution is 9.07. The van der Waals surface area contributed by atoms with Gasteiger partial charge in [-0.25, -0.2) is 3.93 Å². The number of anilines is 1. The van der Waals surface area contributed by atoms with Gasteiger partial charge < -0.3 is 4.90 Å². The molecule has 0 N–H and O–H groups in total. The van der Waals surface area contributed by atoms with Crippen molar-refractivity contribution in [3.63, 3.8) is 0 Å². The highest BCUT2D eigenvalue weighted by Gasteiger charge is 2.27. The van der Waals surface area contributed by atoms with E-state index in [0.29, 0.717) is 12.5 Å². The van der Waals surface area contributed by atoms with Crippen LogP contribution in [0, 0.1) is 0 Å². The summed E-state index contributed by atoms with van der Waals surface area (Å²) in [5, 5.41) is 0. The van der Waals surface area contributed by atoms with Crippen LogP contribution in [0.5, 0.6) is 0 Å². The summed E-state index contributed by atoms with van der Waals surface area (Å²) >= 11 is 3.51. The first-order valence-electron chi connectivity index (χ1n) is 6.50. The second-order valence-electron chi connectivity index (χ2n) is 4.59. The summed E-state index contributed by atoms with van der Waals surface area (Å²) < 4.78 is 2.14. The van der Waals surface area contributed by atoms with Crippen LogP contribution in [0.2, 0.25) is 0 Å². The Balaban J connectivity index is 2.18. The van der Waals surface area contributed by atoms with Crippen molar-refractivity contribution < 1.29 is 4.79 Å². The molecule has 0 bridgehead atoms. The maximum absolute atomic E-state index is 12.2. The third-order valence-electron chi connectivity index (χ3n) is 3.38. The monoisotopic (exact) mass is 310 g/mol. The van der Waals surface area contributed by atoms with Crippen LogP contribution in [0.15, 0.2) is 30.3 Å². The molecule has 0 atom stereocenters. The van der Waals surface area contributed by atoms with Gasteiger partial charge in [-0.3, -0.25) is 4.79 Å². The molecular weight excluding hydrogens is 292 g/mol. The number of amides is 1. The van der Waals surface area contributed by atoms with Crippen molar-refractivity contribution in [3.8, 4) is 0 Å². The quantitative estimate of drug-likeness (QED) is 0.800. The van der Waals surface area contributed by atoms with Crippen molar-refractivity contribution in [1.29, 1.82) is 0 Å². The number of benzene rings is 1. The Bertz CT molecular complexity index is 388. The zero-order valence-corrected chi connectivity index (χ0v) is 12.3. The maximum atomic E-state index is 12.2. The largest absolute Gasteiger partial charge is 0.309 e. The van der Waals surface area contributed by atoms with E-state index < -0.39 is 0 Å². The highest BCUT2D eigenvalue weighted by atomic mass is 79.9. The van der Waals surface area contributed by atoms with Gasteiger partial charge in [-0.1, -0.05) is 25.1 Å². The van der Waals surface area contributed by atoms with E-state index in [0.717, 1.165) is 31.6 Å². The molecule has 4 heteroatoms. The number of carbonyl (C=O) groups excluding carboxylic acids is 1. The lowest BCUT2D eigenvalue weighted by atomic mass is 10.0. The second-order valence-corrected chi connectivity index (χ2v) is 5.60. The molecule has 0 radical (unpaired) electrons. The molecule has 0 aliphatic carbocycles. The molecule has 1 saturated heterocycles. The van der Waals surface area contributed by atoms with Crippen molar-refractivity contribution in [1.82, 2.24) is 3.93 Å². The molecule has 1 aromatic rings. The molecular formula is C14H19BrN2O. The third-order valence-corrected chi connectivity index (χ3v) is 4.09. The molecule has 1 aromatic carbocycles. The first-order chi connectivity index (χ1) is 8.72. The summed E-state index contributed by atoms with van der Waals surface area (Å²) in [5.41, 5.74) is 1.03. The topological polar surface area (TPSA) is 23.6 Å². The van der Waals surface area contributed by atoms with Gasteiger partial charge in [0.15, 0.2) is 0 Å². The lowest BCUT2D eigenvalue weighted by Gasteiger charge is -2.36. The molecule has 0 aromatic heterocycles. The van der Waals surface area contributed by atoms with Crippen LogP contribution < -0.4 is 4.90 Å². The number of halogens is 1. The van der Waals surface area contributed by atoms with Crippen LogP contribution >= 0.6 is 16.1 Å². The predicted octanol–water partition coefficient (Wildman–Crippen LogP) is 3.20. The molecule has 1 heterocycles. The number of hydrogen-bond acceptors (Lipinski definition) is 2. The Labute approximate surface area is 117 Å². The van der Waals surface area contributed by atoms with Gasteiger partial charge in [0.1, 0.15) is 0 Å². The Morgan fingerprint density at radius 3 is 2.50 bits per heavy atom. The molecule has 1 aliphatic rings. The van der Waals surface area contributed by atoms with Crippen LogP contribution in [0.25, 0.3) is 0 Å². The summed E-state index contributed by atoms with van der Waals surface area (Å²) in [7, 11) is 0. The molecule has 2 rings (SSSR count). The second kappa shape index (κ2) is 6.34. The van der Waals surface area contributed by atoms with E-state index in [1.165, 1.54) is 0 Å². The van der Waals surface area contributed by atoms with Crippen LogP contribution in [-0.4, -0.2) is 29.0 Å². The lowest BCUT2D eigenvalue weighted by molar-refractivity contribution is -0.118. The number of piperidine rings is 1. The zero-order valence-electron chi connectivity index (χ0n) is 10.7. The molecule has 0 unspecified atom stereocenters. The highest BCUT2D eigenvalue weighted by Crippen LogP contribution is 2.25. The van der Waals surface area contributed by atoms with E-state index in [9.17, 15) is 4.79 Å². The average Bonchev–Trinajstić information content (AvgIpc) is 2.42. The van der Waals surface area contributed by atoms with E-state index in [1.54, 1.807) is 0 Å². The van der Waals surface area contributed by atoms with Crippen molar-refractivity contribution >= 4 is 27.7 Å². The van der Waals surface area contributed by atoms with Gasteiger partial charge in [0.2, 0.25) is 5.91 Å². The molecule has 1 aliphatic heterocycles. The van der Waals surface area contributed by atoms with Crippen LogP contribution in [0.3, 0.4) is 0 Å². The zero-order chi connectivity index (χ0) is 13.0. The summed E-state index contributed by atoms with van der Waals surface area (Å²) in [6, 6.07) is 10.3. The smallest absolute Gasteiger partial charge is 0.226 e. The molecule has 3 nitrogen and oxygen atoms in total. The van der Waals surface area contributed by atoms with Gasteiger partial charge >= 0.3 is 0 Å². The van der Waals surface area contributed by atoms with E-state index in [2.05, 4.69) is 20.1 Å². The van der Waals surface area contributed by atoms with E-state index >= 15 is 0 Å². The van der Waals surface area contributed by atoms with Crippen LogP contribution in [0.4, 0.5) is 5.69 Å². The first-order valence-corrected chi connectivity index (χ1v) is 7.21. The van der Waals surface area contributed by atoms with Gasteiger partial charge in [-0.2, -0.15) is 0 Å². The summed E-state index contributed by atoms with van der Waals surface area (Å²) in [6.45, 7) is 3.91. The Morgan fingerprint density at radius 2 is 1.94 bits per heavy atom. The summed E-state index contributed by atoms with van der Waals surface area (Å²) in [5.74, 6) is 0.217. The fourth-order valence-corrected chi connectivity index (χ4v) is 2.82. The third kappa shape index (κ3) is 3.12. The molecule has 98 valence electrons. The number of hydrogen-bond donors (Lipinski definition) is 0. The molecule has 1 fully saturated rings. The minimum atomic E-state index is 0.217. The van der Waals surface area contributed by atoms with Gasteiger partial charge in [0.05, 0.1) is 0 Å². The molecule has 0 spiro atoms. The van der Waals surface area contributed by atoms with Crippen molar-refractivity contribution in [2.24, 2.45) is 0 Å². The number of nitrogens with zero attached hydrogens (tertiary/aromatic N) is 2. The maximum Gasteiger partial charge on any atom is 0.226 e. The lowest BCUT2D eigenvalue weighted by Crippen LogP contribution is -2.45. The number of rotatable bonds is 3. The van der Waals surface area contributed by atoms with Crippen LogP contribution in [0.1, 0.15) is 26.2 Å². The Kier molecular flexibility index (Phi) is 4.78. The standard InChI is InChI=1S/C14H19BrN2O/c1-2-14(18)17(12-6-4-3-5-7-12)13-8-10-16(15)11-9-13/h3-7,13H,2,8-11H2,1H3. The minimum Gasteiger partial charge on any atom is -0.309 e. The number of carbonyl (C=O) groups is 1. The Morgan fingerprint density at radius 1 is 1.33 bits per heavy atom. The fourth-order valence-electron chi connectivity index (χ4n) is 2.41. The van der Waals surface area contributed by atoms with E-state index in [1.807, 2.05) is 42.2 Å². The molecule has 18 heavy (non-hydrogen) atoms. The van der Waals surface area contributed by atoms with Crippen molar-refractivity contribution in [2.45, 2.75) is 32.2 Å². The first kappa shape index (κ1) is 13.6. The van der Waals surface area contributed by atoms with Gasteiger partial charge in [-0.05, 0) is 25.0 Å². The average molecular weight is 311 g/mol. The fraction of sp³-hybridized carbons (Fsp3) is 0.500. The summed E-state index contributed by atoms with van der Waals surface area (Å²) in [6.07, 6.45) is 2.60. The van der Waals surface area contributed by atoms with Gasteiger partial charge in [0, 0.05) is 47.4 Å². The van der Waals surface area contributed by atoms with E-state index in [-0.39, 0.29) is 5.91 Å². The van der Waals surface area contributed by atoms with Crippen molar-refractivity contribution in [2.75, 3.05) is 18.0 Å². The molecule has 0 saturated carbocycles. The normalized spacial score (nSPS) is 17.7. The molecule has 1 amide bonds. The van der Waals surface area contributed by atoms with Crippen LogP contribution in [-0.2, 0) is 4.79 Å². The van der Waals surface area contributed by atoms with E-state index in [4.69, 9.17) is 0 Å². The Hall–Kier alpha value is -0.870.